The Balaban J connectivity index is 1.52. The molecule has 0 radical (unpaired) electrons. The number of amides is 1. The van der Waals surface area contributed by atoms with Crippen molar-refractivity contribution in [2.45, 2.75) is 17.9 Å². The van der Waals surface area contributed by atoms with E-state index in [1.807, 2.05) is 24.4 Å². The first-order valence-corrected chi connectivity index (χ1v) is 10.2. The molecular formula is C18H23FN3O4S+. The van der Waals surface area contributed by atoms with Crippen molar-refractivity contribution in [3.63, 3.8) is 0 Å². The van der Waals surface area contributed by atoms with Crippen LogP contribution in [0.2, 0.25) is 0 Å². The third-order valence-electron chi connectivity index (χ3n) is 4.68. The number of nitrogens with zero attached hydrogens (tertiary/aromatic N) is 2. The Hall–Kier alpha value is -2.23. The van der Waals surface area contributed by atoms with E-state index in [1.54, 1.807) is 11.2 Å². The molecule has 1 aromatic heterocycles. The van der Waals surface area contributed by atoms with E-state index in [1.165, 1.54) is 16.4 Å². The highest BCUT2D eigenvalue weighted by molar-refractivity contribution is 7.89. The molecule has 1 atom stereocenters. The van der Waals surface area contributed by atoms with Crippen LogP contribution in [0.4, 0.5) is 4.39 Å². The second-order valence-electron chi connectivity index (χ2n) is 6.48. The Morgan fingerprint density at radius 2 is 1.85 bits per heavy atom. The van der Waals surface area contributed by atoms with E-state index in [9.17, 15) is 17.6 Å². The van der Waals surface area contributed by atoms with Crippen LogP contribution < -0.4 is 5.32 Å². The van der Waals surface area contributed by atoms with Crippen molar-refractivity contribution in [1.82, 2.24) is 9.21 Å². The third kappa shape index (κ3) is 4.55. The Morgan fingerprint density at radius 1 is 1.19 bits per heavy atom. The number of benzene rings is 1. The fraction of sp³-hybridized carbons (Fsp3) is 0.389. The number of carbonyl (C=O) groups is 1. The minimum atomic E-state index is -3.67. The number of piperazine rings is 1. The maximum atomic E-state index is 13.0. The molecular weight excluding hydrogens is 373 g/mol. The standard InChI is InChI=1S/C18H22FN3O4S/c1-14(17-3-2-12-26-17)20-13-18(23)21-8-10-22(11-9-21)27(24,25)16-6-4-15(19)5-7-16/h2-7,12,14,20H,8-11,13H2,1H3/p+1/t14-/m0/s1. The van der Waals surface area contributed by atoms with E-state index in [2.05, 4.69) is 0 Å². The van der Waals surface area contributed by atoms with Gasteiger partial charge in [-0.1, -0.05) is 0 Å². The van der Waals surface area contributed by atoms with Crippen molar-refractivity contribution in [1.29, 1.82) is 0 Å². The summed E-state index contributed by atoms with van der Waals surface area (Å²) in [7, 11) is -3.67. The highest BCUT2D eigenvalue weighted by Crippen LogP contribution is 2.18. The summed E-state index contributed by atoms with van der Waals surface area (Å²) in [6, 6.07) is 8.47. The lowest BCUT2D eigenvalue weighted by molar-refractivity contribution is -0.685. The van der Waals surface area contributed by atoms with Crippen LogP contribution in [0.25, 0.3) is 0 Å². The van der Waals surface area contributed by atoms with Gasteiger partial charge in [-0.2, -0.15) is 4.31 Å². The van der Waals surface area contributed by atoms with Gasteiger partial charge in [-0.15, -0.1) is 0 Å². The normalized spacial score (nSPS) is 17.0. The van der Waals surface area contributed by atoms with E-state index < -0.39 is 15.8 Å². The topological polar surface area (TPSA) is 87.4 Å². The SMILES string of the molecule is C[C@H]([NH2+]CC(=O)N1CCN(S(=O)(=O)c2ccc(F)cc2)CC1)c1ccco1. The molecule has 1 fully saturated rings. The largest absolute Gasteiger partial charge is 0.463 e. The van der Waals surface area contributed by atoms with Crippen LogP contribution in [0.1, 0.15) is 18.7 Å². The lowest BCUT2D eigenvalue weighted by Crippen LogP contribution is -2.87. The Bertz CT molecular complexity index is 861. The quantitative estimate of drug-likeness (QED) is 0.774. The van der Waals surface area contributed by atoms with Gasteiger partial charge >= 0.3 is 0 Å². The Kier molecular flexibility index (Phi) is 5.93. The zero-order valence-corrected chi connectivity index (χ0v) is 15.9. The highest BCUT2D eigenvalue weighted by atomic mass is 32.2. The molecule has 27 heavy (non-hydrogen) atoms. The molecule has 0 unspecified atom stereocenters. The molecule has 0 saturated carbocycles. The molecule has 7 nitrogen and oxygen atoms in total. The smallest absolute Gasteiger partial charge is 0.277 e. The summed E-state index contributed by atoms with van der Waals surface area (Å²) in [6.07, 6.45) is 1.60. The summed E-state index contributed by atoms with van der Waals surface area (Å²) in [5.74, 6) is 0.287. The third-order valence-corrected chi connectivity index (χ3v) is 6.59. The Labute approximate surface area is 157 Å². The van der Waals surface area contributed by atoms with Crippen LogP contribution in [-0.2, 0) is 14.8 Å². The number of quaternary nitrogens is 1. The van der Waals surface area contributed by atoms with Crippen molar-refractivity contribution < 1.29 is 27.3 Å². The fourth-order valence-electron chi connectivity index (χ4n) is 3.01. The van der Waals surface area contributed by atoms with Gasteiger partial charge in [0.2, 0.25) is 10.0 Å². The fourth-order valence-corrected chi connectivity index (χ4v) is 4.43. The number of carbonyl (C=O) groups excluding carboxylic acids is 1. The van der Waals surface area contributed by atoms with Gasteiger partial charge in [0.15, 0.2) is 12.3 Å². The summed E-state index contributed by atoms with van der Waals surface area (Å²) in [5.41, 5.74) is 0. The van der Waals surface area contributed by atoms with E-state index in [-0.39, 0.29) is 36.5 Å². The molecule has 1 saturated heterocycles. The molecule has 146 valence electrons. The van der Waals surface area contributed by atoms with Gasteiger partial charge in [-0.25, -0.2) is 12.8 Å². The average molecular weight is 396 g/mol. The van der Waals surface area contributed by atoms with Gasteiger partial charge in [-0.3, -0.25) is 4.79 Å². The molecule has 1 aliphatic heterocycles. The maximum absolute atomic E-state index is 13.0. The van der Waals surface area contributed by atoms with Crippen LogP contribution in [0.3, 0.4) is 0 Å². The molecule has 2 N–H and O–H groups in total. The molecule has 9 heteroatoms. The number of hydrogen-bond donors (Lipinski definition) is 1. The number of hydrogen-bond acceptors (Lipinski definition) is 4. The van der Waals surface area contributed by atoms with Crippen molar-refractivity contribution in [2.24, 2.45) is 0 Å². The summed E-state index contributed by atoms with van der Waals surface area (Å²) < 4.78 is 44.9. The lowest BCUT2D eigenvalue weighted by atomic mass is 10.2. The second kappa shape index (κ2) is 8.20. The van der Waals surface area contributed by atoms with Gasteiger partial charge < -0.3 is 14.6 Å². The number of nitrogens with two attached hydrogens (primary N) is 1. The van der Waals surface area contributed by atoms with E-state index in [0.717, 1.165) is 17.9 Å². The Morgan fingerprint density at radius 3 is 2.44 bits per heavy atom. The molecule has 0 bridgehead atoms. The molecule has 1 aliphatic rings. The molecule has 0 spiro atoms. The zero-order valence-electron chi connectivity index (χ0n) is 15.0. The molecule has 0 aliphatic carbocycles. The number of rotatable bonds is 6. The molecule has 1 amide bonds. The van der Waals surface area contributed by atoms with Crippen LogP contribution >= 0.6 is 0 Å². The molecule has 1 aromatic carbocycles. The van der Waals surface area contributed by atoms with Crippen LogP contribution in [0, 0.1) is 5.82 Å². The van der Waals surface area contributed by atoms with Gasteiger partial charge in [0.1, 0.15) is 11.9 Å². The highest BCUT2D eigenvalue weighted by Gasteiger charge is 2.30. The molecule has 2 aromatic rings. The lowest BCUT2D eigenvalue weighted by Gasteiger charge is -2.33. The maximum Gasteiger partial charge on any atom is 0.277 e. The van der Waals surface area contributed by atoms with E-state index >= 15 is 0 Å². The number of sulfonamides is 1. The van der Waals surface area contributed by atoms with Crippen molar-refractivity contribution >= 4 is 15.9 Å². The minimum absolute atomic E-state index is 0.0316. The summed E-state index contributed by atoms with van der Waals surface area (Å²) in [5, 5.41) is 1.89. The first-order chi connectivity index (χ1) is 12.9. The van der Waals surface area contributed by atoms with Crippen LogP contribution in [-0.4, -0.2) is 56.3 Å². The molecule has 2 heterocycles. The molecule has 3 rings (SSSR count). The first-order valence-electron chi connectivity index (χ1n) is 8.78. The predicted molar refractivity (Wildman–Crippen MR) is 95.7 cm³/mol. The van der Waals surface area contributed by atoms with Gasteiger partial charge in [0, 0.05) is 26.2 Å². The monoisotopic (exact) mass is 396 g/mol. The first kappa shape index (κ1) is 19.5. The number of furan rings is 1. The van der Waals surface area contributed by atoms with E-state index in [0.29, 0.717) is 13.1 Å². The summed E-state index contributed by atoms with van der Waals surface area (Å²) in [4.78, 5) is 14.1. The summed E-state index contributed by atoms with van der Waals surface area (Å²) >= 11 is 0. The minimum Gasteiger partial charge on any atom is -0.463 e. The van der Waals surface area contributed by atoms with Gasteiger partial charge in [0.25, 0.3) is 5.91 Å². The van der Waals surface area contributed by atoms with Crippen molar-refractivity contribution in [3.8, 4) is 0 Å². The van der Waals surface area contributed by atoms with Crippen molar-refractivity contribution in [2.75, 3.05) is 32.7 Å². The predicted octanol–water partition coefficient (Wildman–Crippen LogP) is 0.576. The van der Waals surface area contributed by atoms with Crippen molar-refractivity contribution in [3.05, 3.63) is 54.2 Å². The zero-order chi connectivity index (χ0) is 19.4. The average Bonchev–Trinajstić information content (AvgIpc) is 3.21. The van der Waals surface area contributed by atoms with Crippen LogP contribution in [0.5, 0.6) is 0 Å². The van der Waals surface area contributed by atoms with Gasteiger partial charge in [-0.05, 0) is 43.3 Å². The van der Waals surface area contributed by atoms with E-state index in [4.69, 9.17) is 4.42 Å². The second-order valence-corrected chi connectivity index (χ2v) is 8.42. The van der Waals surface area contributed by atoms with Gasteiger partial charge in [0.05, 0.1) is 11.2 Å². The van der Waals surface area contributed by atoms with Crippen LogP contribution in [0.15, 0.2) is 52.0 Å². The summed E-state index contributed by atoms with van der Waals surface area (Å²) in [6.45, 7) is 3.34. The number of halogens is 1.